The lowest BCUT2D eigenvalue weighted by Crippen LogP contribution is -2.41. The maximum atomic E-state index is 5.98. The number of ether oxygens (including phenoxy) is 1. The summed E-state index contributed by atoms with van der Waals surface area (Å²) in [4.78, 5) is 0. The Morgan fingerprint density at radius 1 is 1.35 bits per heavy atom. The molecule has 17 heavy (non-hydrogen) atoms. The van der Waals surface area contributed by atoms with E-state index in [1.807, 2.05) is 0 Å². The van der Waals surface area contributed by atoms with Crippen LogP contribution in [-0.2, 0) is 10.2 Å². The standard InChI is InChI=1S/C15H21NO/c16-11-15(6-2-7-15)14-4-1-3-12(9-14)13-5-8-17-10-13/h1,3-4,9,13H,2,5-8,10-11,16H2. The van der Waals surface area contributed by atoms with Crippen LogP contribution in [0.5, 0.6) is 0 Å². The highest BCUT2D eigenvalue weighted by molar-refractivity contribution is 5.34. The summed E-state index contributed by atoms with van der Waals surface area (Å²) in [6, 6.07) is 9.07. The minimum absolute atomic E-state index is 0.287. The molecule has 2 fully saturated rings. The summed E-state index contributed by atoms with van der Waals surface area (Å²) in [7, 11) is 0. The van der Waals surface area contributed by atoms with Crippen molar-refractivity contribution in [3.05, 3.63) is 35.4 Å². The quantitative estimate of drug-likeness (QED) is 0.867. The highest BCUT2D eigenvalue weighted by Crippen LogP contribution is 2.43. The monoisotopic (exact) mass is 231 g/mol. The normalized spacial score (nSPS) is 26.8. The van der Waals surface area contributed by atoms with Crippen molar-refractivity contribution in [3.8, 4) is 0 Å². The average molecular weight is 231 g/mol. The van der Waals surface area contributed by atoms with Crippen LogP contribution in [0.2, 0.25) is 0 Å². The zero-order chi connectivity index (χ0) is 11.7. The summed E-state index contributed by atoms with van der Waals surface area (Å²) in [5.41, 5.74) is 9.17. The van der Waals surface area contributed by atoms with E-state index in [0.29, 0.717) is 5.92 Å². The molecule has 1 saturated heterocycles. The Morgan fingerprint density at radius 2 is 2.24 bits per heavy atom. The van der Waals surface area contributed by atoms with Crippen LogP contribution in [0, 0.1) is 0 Å². The van der Waals surface area contributed by atoms with Crippen molar-refractivity contribution in [1.82, 2.24) is 0 Å². The fourth-order valence-electron chi connectivity index (χ4n) is 3.13. The lowest BCUT2D eigenvalue weighted by atomic mass is 9.64. The maximum Gasteiger partial charge on any atom is 0.0535 e. The Labute approximate surface area is 103 Å². The van der Waals surface area contributed by atoms with E-state index in [0.717, 1.165) is 19.8 Å². The fraction of sp³-hybridized carbons (Fsp3) is 0.600. The first-order valence-corrected chi connectivity index (χ1v) is 6.72. The van der Waals surface area contributed by atoms with E-state index < -0.39 is 0 Å². The van der Waals surface area contributed by atoms with Gasteiger partial charge in [-0.1, -0.05) is 30.7 Å². The zero-order valence-corrected chi connectivity index (χ0v) is 10.3. The van der Waals surface area contributed by atoms with Crippen molar-refractivity contribution in [2.75, 3.05) is 19.8 Å². The van der Waals surface area contributed by atoms with Crippen molar-refractivity contribution in [3.63, 3.8) is 0 Å². The van der Waals surface area contributed by atoms with E-state index in [2.05, 4.69) is 24.3 Å². The van der Waals surface area contributed by atoms with Gasteiger partial charge in [-0.2, -0.15) is 0 Å². The van der Waals surface area contributed by atoms with Gasteiger partial charge in [0.05, 0.1) is 6.61 Å². The van der Waals surface area contributed by atoms with Gasteiger partial charge in [-0.15, -0.1) is 0 Å². The van der Waals surface area contributed by atoms with E-state index in [1.54, 1.807) is 0 Å². The Balaban J connectivity index is 1.88. The topological polar surface area (TPSA) is 35.2 Å². The van der Waals surface area contributed by atoms with Gasteiger partial charge < -0.3 is 10.5 Å². The molecule has 1 aromatic rings. The van der Waals surface area contributed by atoms with Gasteiger partial charge in [-0.05, 0) is 30.4 Å². The molecule has 1 heterocycles. The Bertz CT molecular complexity index is 386. The van der Waals surface area contributed by atoms with Crippen molar-refractivity contribution in [1.29, 1.82) is 0 Å². The lowest BCUT2D eigenvalue weighted by molar-refractivity contribution is 0.194. The Morgan fingerprint density at radius 3 is 2.82 bits per heavy atom. The second-order valence-electron chi connectivity index (χ2n) is 5.52. The first-order chi connectivity index (χ1) is 8.34. The maximum absolute atomic E-state index is 5.98. The molecule has 0 bridgehead atoms. The van der Waals surface area contributed by atoms with Gasteiger partial charge in [0.25, 0.3) is 0 Å². The van der Waals surface area contributed by atoms with Crippen LogP contribution >= 0.6 is 0 Å². The molecule has 1 aliphatic carbocycles. The van der Waals surface area contributed by atoms with Crippen LogP contribution in [0.1, 0.15) is 42.7 Å². The molecule has 0 radical (unpaired) electrons. The number of benzene rings is 1. The van der Waals surface area contributed by atoms with Crippen LogP contribution in [0.3, 0.4) is 0 Å². The molecule has 1 aromatic carbocycles. The number of rotatable bonds is 3. The molecule has 1 unspecified atom stereocenters. The smallest absolute Gasteiger partial charge is 0.0535 e. The second kappa shape index (κ2) is 4.43. The summed E-state index contributed by atoms with van der Waals surface area (Å²) in [5.74, 6) is 0.602. The van der Waals surface area contributed by atoms with Gasteiger partial charge >= 0.3 is 0 Å². The first kappa shape index (κ1) is 11.2. The highest BCUT2D eigenvalue weighted by atomic mass is 16.5. The van der Waals surface area contributed by atoms with Gasteiger partial charge in [0.1, 0.15) is 0 Å². The SMILES string of the molecule is NCC1(c2cccc(C3CCOC3)c2)CCC1. The van der Waals surface area contributed by atoms with E-state index in [9.17, 15) is 0 Å². The van der Waals surface area contributed by atoms with Crippen LogP contribution in [0.4, 0.5) is 0 Å². The summed E-state index contributed by atoms with van der Waals surface area (Å²) < 4.78 is 5.48. The minimum atomic E-state index is 0.287. The van der Waals surface area contributed by atoms with Gasteiger partial charge in [0.15, 0.2) is 0 Å². The third kappa shape index (κ3) is 1.90. The molecule has 2 aliphatic rings. The van der Waals surface area contributed by atoms with Gasteiger partial charge in [-0.25, -0.2) is 0 Å². The van der Waals surface area contributed by atoms with E-state index in [1.165, 1.54) is 36.8 Å². The number of hydrogen-bond donors (Lipinski definition) is 1. The summed E-state index contributed by atoms with van der Waals surface area (Å²) in [6.07, 6.45) is 5.01. The largest absolute Gasteiger partial charge is 0.381 e. The molecule has 92 valence electrons. The summed E-state index contributed by atoms with van der Waals surface area (Å²) in [5, 5.41) is 0. The molecule has 1 aliphatic heterocycles. The molecule has 1 atom stereocenters. The molecular formula is C15H21NO. The molecule has 3 rings (SSSR count). The molecule has 2 nitrogen and oxygen atoms in total. The van der Waals surface area contributed by atoms with Gasteiger partial charge in [0.2, 0.25) is 0 Å². The summed E-state index contributed by atoms with van der Waals surface area (Å²) >= 11 is 0. The van der Waals surface area contributed by atoms with Crippen molar-refractivity contribution in [2.24, 2.45) is 5.73 Å². The second-order valence-corrected chi connectivity index (χ2v) is 5.52. The number of nitrogens with two attached hydrogens (primary N) is 1. The van der Waals surface area contributed by atoms with Crippen molar-refractivity contribution < 1.29 is 4.74 Å². The average Bonchev–Trinajstić information content (AvgIpc) is 2.82. The van der Waals surface area contributed by atoms with Gasteiger partial charge in [-0.3, -0.25) is 0 Å². The van der Waals surface area contributed by atoms with Crippen LogP contribution in [-0.4, -0.2) is 19.8 Å². The zero-order valence-electron chi connectivity index (χ0n) is 10.3. The Kier molecular flexibility index (Phi) is 2.93. The summed E-state index contributed by atoms with van der Waals surface area (Å²) in [6.45, 7) is 2.59. The molecule has 2 heteroatoms. The molecule has 0 spiro atoms. The predicted molar refractivity (Wildman–Crippen MR) is 69.2 cm³/mol. The molecule has 1 saturated carbocycles. The van der Waals surface area contributed by atoms with E-state index in [-0.39, 0.29) is 5.41 Å². The predicted octanol–water partition coefficient (Wildman–Crippen LogP) is 2.57. The highest BCUT2D eigenvalue weighted by Gasteiger charge is 2.37. The molecule has 0 aromatic heterocycles. The van der Waals surface area contributed by atoms with Crippen LogP contribution in [0.25, 0.3) is 0 Å². The third-order valence-electron chi connectivity index (χ3n) is 4.60. The van der Waals surface area contributed by atoms with Crippen molar-refractivity contribution in [2.45, 2.75) is 37.0 Å². The minimum Gasteiger partial charge on any atom is -0.381 e. The number of hydrogen-bond acceptors (Lipinski definition) is 2. The molecule has 0 amide bonds. The first-order valence-electron chi connectivity index (χ1n) is 6.72. The van der Waals surface area contributed by atoms with Crippen LogP contribution < -0.4 is 5.73 Å². The van der Waals surface area contributed by atoms with Crippen LogP contribution in [0.15, 0.2) is 24.3 Å². The van der Waals surface area contributed by atoms with E-state index in [4.69, 9.17) is 10.5 Å². The van der Waals surface area contributed by atoms with E-state index >= 15 is 0 Å². The Hall–Kier alpha value is -0.860. The fourth-order valence-corrected chi connectivity index (χ4v) is 3.13. The van der Waals surface area contributed by atoms with Gasteiger partial charge in [0, 0.05) is 24.5 Å². The third-order valence-corrected chi connectivity index (χ3v) is 4.60. The molecular weight excluding hydrogens is 210 g/mol. The van der Waals surface area contributed by atoms with Crippen molar-refractivity contribution >= 4 is 0 Å². The molecule has 2 N–H and O–H groups in total. The lowest BCUT2D eigenvalue weighted by Gasteiger charge is -2.41.